The first-order valence-corrected chi connectivity index (χ1v) is 21.9. The number of ether oxygens (including phenoxy) is 2. The van der Waals surface area contributed by atoms with E-state index in [-0.39, 0.29) is 24.2 Å². The van der Waals surface area contributed by atoms with Crippen molar-refractivity contribution in [2.24, 2.45) is 23.7 Å². The van der Waals surface area contributed by atoms with Crippen LogP contribution in [0.4, 0.5) is 0 Å². The predicted molar refractivity (Wildman–Crippen MR) is 239 cm³/mol. The number of nitrogens with zero attached hydrogens (tertiary/aromatic N) is 11. The standard InChI is InChI=1S/C49H51N11O2/c1-5-30-26-57-20-16-32(30)22-46(57)48(36-14-18-50-40-12-10-34(61-3)24-38(36)40)59-28-44(53-55-59)42-8-7-9-43(52-42)45-29-60(56-54-45)49(47-23-33-17-21-58(47)27-31(33)6-2)37-15-19-51-41-13-11-35(62-4)25-39(37)41/h5-15,18-19,24-25,28-33,46-49H,1-2,16-17,20-23,26-27H2,3-4H3/t30?,31?,32?,33?,46?,47?,48-,49-/m0/s1. The van der Waals surface area contributed by atoms with Crippen LogP contribution in [0, 0.1) is 23.7 Å². The van der Waals surface area contributed by atoms with Gasteiger partial charge in [-0.25, -0.2) is 14.3 Å². The lowest BCUT2D eigenvalue weighted by molar-refractivity contribution is -0.000131. The van der Waals surface area contributed by atoms with Crippen LogP contribution in [0.15, 0.2) is 117 Å². The van der Waals surface area contributed by atoms with E-state index in [1.165, 1.54) is 12.8 Å². The number of pyridine rings is 3. The summed E-state index contributed by atoms with van der Waals surface area (Å²) in [5, 5.41) is 21.4. The third kappa shape index (κ3) is 6.65. The third-order valence-electron chi connectivity index (χ3n) is 14.5. The van der Waals surface area contributed by atoms with Gasteiger partial charge in [0.2, 0.25) is 0 Å². The highest BCUT2D eigenvalue weighted by molar-refractivity contribution is 5.85. The molecule has 8 unspecified atom stereocenters. The SMILES string of the molecule is C=CC1CN2CCC1CC2[C@H](c1ccnc2ccc(OC)cc12)n1cc(-c2cccc(-c3cn([C@@H](c4ccnc5ccc(OC)cc45)C4CC5CCN4CC5C=C)nn3)n2)nn1. The van der Waals surface area contributed by atoms with E-state index in [1.807, 2.05) is 64.2 Å². The van der Waals surface area contributed by atoms with Crippen LogP contribution in [0.1, 0.15) is 48.9 Å². The summed E-state index contributed by atoms with van der Waals surface area (Å²) in [6.07, 6.45) is 16.7. The Bertz CT molecular complexity index is 2620. The number of hydrogen-bond donors (Lipinski definition) is 0. The van der Waals surface area contributed by atoms with Crippen molar-refractivity contribution in [2.75, 3.05) is 40.4 Å². The van der Waals surface area contributed by atoms with Crippen molar-refractivity contribution < 1.29 is 9.47 Å². The molecule has 0 N–H and O–H groups in total. The lowest BCUT2D eigenvalue weighted by atomic mass is 9.73. The Labute approximate surface area is 361 Å². The second-order valence-corrected chi connectivity index (χ2v) is 17.5. The molecule has 13 nitrogen and oxygen atoms in total. The molecule has 4 bridgehead atoms. The topological polar surface area (TPSA) is 125 Å². The van der Waals surface area contributed by atoms with Crippen molar-refractivity contribution in [1.29, 1.82) is 0 Å². The first-order valence-electron chi connectivity index (χ1n) is 21.9. The first kappa shape index (κ1) is 38.6. The number of piperidine rings is 6. The summed E-state index contributed by atoms with van der Waals surface area (Å²) < 4.78 is 15.5. The molecule has 0 spiro atoms. The van der Waals surface area contributed by atoms with Gasteiger partial charge in [0.15, 0.2) is 0 Å². The molecule has 7 aromatic rings. The molecule has 62 heavy (non-hydrogen) atoms. The van der Waals surface area contributed by atoms with Gasteiger partial charge in [-0.15, -0.1) is 23.4 Å². The van der Waals surface area contributed by atoms with E-state index in [2.05, 4.69) is 71.8 Å². The molecule has 2 aromatic carbocycles. The largest absolute Gasteiger partial charge is 0.497 e. The number of aromatic nitrogens is 9. The number of methoxy groups -OCH3 is 2. The fourth-order valence-corrected chi connectivity index (χ4v) is 11.3. The van der Waals surface area contributed by atoms with E-state index in [1.54, 1.807) is 14.2 Å². The molecule has 0 amide bonds. The highest BCUT2D eigenvalue weighted by Gasteiger charge is 2.45. The van der Waals surface area contributed by atoms with Crippen LogP contribution in [0.2, 0.25) is 0 Å². The fraction of sp³-hybridized carbons (Fsp3) is 0.367. The fourth-order valence-electron chi connectivity index (χ4n) is 11.3. The molecular formula is C49H51N11O2. The van der Waals surface area contributed by atoms with Crippen LogP contribution in [-0.2, 0) is 0 Å². The summed E-state index contributed by atoms with van der Waals surface area (Å²) in [6, 6.07) is 22.7. The minimum atomic E-state index is -0.112. The molecule has 11 heterocycles. The number of fused-ring (bicyclic) bond motifs is 8. The van der Waals surface area contributed by atoms with Gasteiger partial charge in [0.25, 0.3) is 0 Å². The van der Waals surface area contributed by atoms with Crippen LogP contribution in [0.25, 0.3) is 44.6 Å². The Morgan fingerprint density at radius 1 is 0.629 bits per heavy atom. The molecule has 0 radical (unpaired) electrons. The Morgan fingerprint density at radius 2 is 1.11 bits per heavy atom. The Hall–Kier alpha value is -6.31. The highest BCUT2D eigenvalue weighted by atomic mass is 16.5. The van der Waals surface area contributed by atoms with E-state index in [9.17, 15) is 0 Å². The molecule has 0 aliphatic carbocycles. The van der Waals surface area contributed by atoms with Crippen molar-refractivity contribution in [2.45, 2.75) is 49.9 Å². The van der Waals surface area contributed by atoms with Gasteiger partial charge >= 0.3 is 0 Å². The molecule has 6 saturated heterocycles. The summed E-state index contributed by atoms with van der Waals surface area (Å²) in [6.45, 7) is 12.5. The molecule has 6 fully saturated rings. The van der Waals surface area contributed by atoms with Crippen LogP contribution >= 0.6 is 0 Å². The molecule has 0 saturated carbocycles. The molecule has 6 aliphatic rings. The third-order valence-corrected chi connectivity index (χ3v) is 14.5. The molecule has 13 heteroatoms. The lowest BCUT2D eigenvalue weighted by Gasteiger charge is -2.51. The maximum Gasteiger partial charge on any atom is 0.131 e. The Balaban J connectivity index is 0.954. The van der Waals surface area contributed by atoms with E-state index in [0.29, 0.717) is 35.1 Å². The van der Waals surface area contributed by atoms with E-state index in [0.717, 1.165) is 94.8 Å². The summed E-state index contributed by atoms with van der Waals surface area (Å²) in [5.41, 5.74) is 6.96. The van der Waals surface area contributed by atoms with Gasteiger partial charge in [-0.1, -0.05) is 28.6 Å². The van der Waals surface area contributed by atoms with Crippen LogP contribution in [-0.4, -0.2) is 107 Å². The second-order valence-electron chi connectivity index (χ2n) is 17.5. The first-order chi connectivity index (χ1) is 30.5. The Kier molecular flexibility index (Phi) is 9.88. The zero-order valence-electron chi connectivity index (χ0n) is 35.2. The summed E-state index contributed by atoms with van der Waals surface area (Å²) >= 11 is 0. The zero-order valence-corrected chi connectivity index (χ0v) is 35.2. The summed E-state index contributed by atoms with van der Waals surface area (Å²) in [7, 11) is 3.41. The molecule has 5 aromatic heterocycles. The van der Waals surface area contributed by atoms with Gasteiger partial charge in [0.1, 0.15) is 22.9 Å². The van der Waals surface area contributed by atoms with E-state index < -0.39 is 0 Å². The van der Waals surface area contributed by atoms with Crippen molar-refractivity contribution in [3.63, 3.8) is 0 Å². The predicted octanol–water partition coefficient (Wildman–Crippen LogP) is 7.68. The van der Waals surface area contributed by atoms with Gasteiger partial charge in [-0.2, -0.15) is 0 Å². The van der Waals surface area contributed by atoms with Crippen molar-refractivity contribution >= 4 is 21.8 Å². The second kappa shape index (κ2) is 15.9. The van der Waals surface area contributed by atoms with Crippen LogP contribution in [0.3, 0.4) is 0 Å². The van der Waals surface area contributed by atoms with Crippen LogP contribution in [0.5, 0.6) is 11.5 Å². The van der Waals surface area contributed by atoms with E-state index >= 15 is 0 Å². The van der Waals surface area contributed by atoms with E-state index in [4.69, 9.17) is 45.0 Å². The molecular weight excluding hydrogens is 775 g/mol. The quantitative estimate of drug-likeness (QED) is 0.113. The normalized spacial score (nSPS) is 26.4. The monoisotopic (exact) mass is 825 g/mol. The van der Waals surface area contributed by atoms with Crippen molar-refractivity contribution in [3.05, 3.63) is 128 Å². The number of rotatable bonds is 12. The average molecular weight is 826 g/mol. The maximum atomic E-state index is 5.69. The number of hydrogen-bond acceptors (Lipinski definition) is 11. The minimum Gasteiger partial charge on any atom is -0.497 e. The van der Waals surface area contributed by atoms with Gasteiger partial charge in [-0.3, -0.25) is 19.8 Å². The Morgan fingerprint density at radius 3 is 1.53 bits per heavy atom. The van der Waals surface area contributed by atoms with Gasteiger partial charge < -0.3 is 9.47 Å². The highest BCUT2D eigenvalue weighted by Crippen LogP contribution is 2.46. The lowest BCUT2D eigenvalue weighted by Crippen LogP contribution is -2.56. The van der Waals surface area contributed by atoms with Gasteiger partial charge in [-0.05, 0) is 134 Å². The van der Waals surface area contributed by atoms with Crippen molar-refractivity contribution in [3.8, 4) is 34.3 Å². The van der Waals surface area contributed by atoms with Gasteiger partial charge in [0, 0.05) is 48.3 Å². The smallest absolute Gasteiger partial charge is 0.131 e. The summed E-state index contributed by atoms with van der Waals surface area (Å²) in [4.78, 5) is 19.9. The molecule has 6 aliphatic heterocycles. The maximum absolute atomic E-state index is 5.69. The zero-order chi connectivity index (χ0) is 41.9. The molecule has 13 rings (SSSR count). The molecule has 314 valence electrons. The summed E-state index contributed by atoms with van der Waals surface area (Å²) in [5.74, 6) is 3.74. The van der Waals surface area contributed by atoms with Crippen molar-refractivity contribution in [1.82, 2.24) is 54.7 Å². The number of benzene rings is 2. The average Bonchev–Trinajstić information content (AvgIpc) is 4.03. The van der Waals surface area contributed by atoms with Crippen LogP contribution < -0.4 is 9.47 Å². The minimum absolute atomic E-state index is 0.112. The van der Waals surface area contributed by atoms with Gasteiger partial charge in [0.05, 0.1) is 61.1 Å². The molecule has 10 atom stereocenters.